The van der Waals surface area contributed by atoms with Gasteiger partial charge in [0.2, 0.25) is 0 Å². The van der Waals surface area contributed by atoms with Gasteiger partial charge in [-0.05, 0) is 39.2 Å². The van der Waals surface area contributed by atoms with E-state index < -0.39 is 11.4 Å². The molecule has 0 aliphatic carbocycles. The van der Waals surface area contributed by atoms with Gasteiger partial charge in [0.05, 0.1) is 11.5 Å². The lowest BCUT2D eigenvalue weighted by Crippen LogP contribution is -2.42. The number of hydrogen-bond acceptors (Lipinski definition) is 3. The first-order valence-corrected chi connectivity index (χ1v) is 6.64. The van der Waals surface area contributed by atoms with Crippen LogP contribution in [-0.2, 0) is 9.53 Å². The minimum absolute atomic E-state index is 0.366. The van der Waals surface area contributed by atoms with Crippen molar-refractivity contribution in [1.29, 1.82) is 0 Å². The molecule has 4 nitrogen and oxygen atoms in total. The van der Waals surface area contributed by atoms with E-state index in [1.165, 1.54) is 0 Å². The largest absolute Gasteiger partial charge is 0.481 e. The van der Waals surface area contributed by atoms with Crippen molar-refractivity contribution in [1.82, 2.24) is 4.90 Å². The fourth-order valence-electron chi connectivity index (χ4n) is 2.96. The maximum absolute atomic E-state index is 11.2. The molecule has 0 aromatic rings. The van der Waals surface area contributed by atoms with Gasteiger partial charge in [-0.1, -0.05) is 6.92 Å². The summed E-state index contributed by atoms with van der Waals surface area (Å²) in [5.74, 6) is -0.654. The standard InChI is InChI=1S/C13H23NO3/c1-3-11-8-10(4-7-17-11)14-6-5-13(2,9-14)12(15)16/h10-11H,3-9H2,1-2H3,(H,15,16). The third kappa shape index (κ3) is 2.63. The van der Waals surface area contributed by atoms with Crippen molar-refractivity contribution in [2.24, 2.45) is 5.41 Å². The summed E-state index contributed by atoms with van der Waals surface area (Å²) in [5.41, 5.74) is -0.542. The molecule has 2 fully saturated rings. The molecule has 3 unspecified atom stereocenters. The van der Waals surface area contributed by atoms with E-state index in [0.29, 0.717) is 18.7 Å². The molecule has 0 aromatic heterocycles. The highest BCUT2D eigenvalue weighted by atomic mass is 16.5. The molecule has 4 heteroatoms. The Labute approximate surface area is 103 Å². The molecular weight excluding hydrogens is 218 g/mol. The topological polar surface area (TPSA) is 49.8 Å². The van der Waals surface area contributed by atoms with Crippen molar-refractivity contribution >= 4 is 5.97 Å². The number of carbonyl (C=O) groups is 1. The van der Waals surface area contributed by atoms with Crippen LogP contribution in [0.2, 0.25) is 0 Å². The number of ether oxygens (including phenoxy) is 1. The first kappa shape index (κ1) is 12.8. The number of hydrogen-bond donors (Lipinski definition) is 1. The molecule has 0 aromatic carbocycles. The van der Waals surface area contributed by atoms with Gasteiger partial charge in [-0.25, -0.2) is 0 Å². The van der Waals surface area contributed by atoms with Crippen LogP contribution in [-0.4, -0.2) is 47.8 Å². The number of nitrogens with zero attached hydrogens (tertiary/aromatic N) is 1. The third-order valence-corrected chi connectivity index (χ3v) is 4.33. The normalized spacial score (nSPS) is 39.4. The smallest absolute Gasteiger partial charge is 0.310 e. The summed E-state index contributed by atoms with van der Waals surface area (Å²) in [4.78, 5) is 13.6. The van der Waals surface area contributed by atoms with E-state index in [1.54, 1.807) is 0 Å². The second-order valence-corrected chi connectivity index (χ2v) is 5.67. The summed E-state index contributed by atoms with van der Waals surface area (Å²) in [7, 11) is 0. The Morgan fingerprint density at radius 3 is 2.94 bits per heavy atom. The van der Waals surface area contributed by atoms with Crippen molar-refractivity contribution in [3.63, 3.8) is 0 Å². The molecule has 0 saturated carbocycles. The molecular formula is C13H23NO3. The summed E-state index contributed by atoms with van der Waals surface area (Å²) in [5, 5.41) is 9.24. The lowest BCUT2D eigenvalue weighted by molar-refractivity contribution is -0.147. The summed E-state index contributed by atoms with van der Waals surface area (Å²) in [6.45, 7) is 6.46. The Balaban J connectivity index is 1.94. The monoisotopic (exact) mass is 241 g/mol. The summed E-state index contributed by atoms with van der Waals surface area (Å²) >= 11 is 0. The molecule has 0 bridgehead atoms. The quantitative estimate of drug-likeness (QED) is 0.817. The van der Waals surface area contributed by atoms with Gasteiger partial charge in [-0.15, -0.1) is 0 Å². The Bertz CT molecular complexity index is 294. The molecule has 2 aliphatic rings. The fourth-order valence-corrected chi connectivity index (χ4v) is 2.96. The van der Waals surface area contributed by atoms with Crippen LogP contribution in [0, 0.1) is 5.41 Å². The molecule has 0 amide bonds. The van der Waals surface area contributed by atoms with Crippen LogP contribution in [0.15, 0.2) is 0 Å². The molecule has 3 atom stereocenters. The molecule has 98 valence electrons. The number of likely N-dealkylation sites (tertiary alicyclic amines) is 1. The third-order valence-electron chi connectivity index (χ3n) is 4.33. The van der Waals surface area contributed by atoms with Crippen molar-refractivity contribution < 1.29 is 14.6 Å². The second kappa shape index (κ2) is 4.94. The second-order valence-electron chi connectivity index (χ2n) is 5.67. The van der Waals surface area contributed by atoms with E-state index in [4.69, 9.17) is 4.74 Å². The molecule has 17 heavy (non-hydrogen) atoms. The van der Waals surface area contributed by atoms with Gasteiger partial charge in [0, 0.05) is 19.2 Å². The van der Waals surface area contributed by atoms with Crippen molar-refractivity contribution in [2.45, 2.75) is 51.7 Å². The minimum Gasteiger partial charge on any atom is -0.481 e. The van der Waals surface area contributed by atoms with Crippen LogP contribution >= 0.6 is 0 Å². The van der Waals surface area contributed by atoms with E-state index in [0.717, 1.165) is 38.8 Å². The Kier molecular flexibility index (Phi) is 3.73. The van der Waals surface area contributed by atoms with Gasteiger partial charge >= 0.3 is 5.97 Å². The van der Waals surface area contributed by atoms with Gasteiger partial charge in [-0.2, -0.15) is 0 Å². The molecule has 2 aliphatic heterocycles. The van der Waals surface area contributed by atoms with Crippen LogP contribution in [0.1, 0.15) is 39.5 Å². The number of carboxylic acid groups (broad SMARTS) is 1. The van der Waals surface area contributed by atoms with E-state index in [9.17, 15) is 9.90 Å². The van der Waals surface area contributed by atoms with Crippen LogP contribution in [0.5, 0.6) is 0 Å². The average molecular weight is 241 g/mol. The molecule has 1 N–H and O–H groups in total. The highest BCUT2D eigenvalue weighted by Crippen LogP contribution is 2.34. The average Bonchev–Trinajstić information content (AvgIpc) is 2.74. The summed E-state index contributed by atoms with van der Waals surface area (Å²) < 4.78 is 5.67. The van der Waals surface area contributed by atoms with Crippen LogP contribution in [0.25, 0.3) is 0 Å². The first-order chi connectivity index (χ1) is 8.05. The lowest BCUT2D eigenvalue weighted by atomic mass is 9.90. The molecule has 0 spiro atoms. The lowest BCUT2D eigenvalue weighted by Gasteiger charge is -2.35. The number of rotatable bonds is 3. The highest BCUT2D eigenvalue weighted by molar-refractivity contribution is 5.74. The van der Waals surface area contributed by atoms with E-state index in [1.807, 2.05) is 6.92 Å². The first-order valence-electron chi connectivity index (χ1n) is 6.64. The van der Waals surface area contributed by atoms with Gasteiger partial charge in [0.1, 0.15) is 0 Å². The zero-order valence-corrected chi connectivity index (χ0v) is 10.8. The SMILES string of the molecule is CCC1CC(N2CCC(C)(C(=O)O)C2)CCO1. The van der Waals surface area contributed by atoms with Crippen molar-refractivity contribution in [2.75, 3.05) is 19.7 Å². The Morgan fingerprint density at radius 1 is 1.59 bits per heavy atom. The minimum atomic E-state index is -0.654. The highest BCUT2D eigenvalue weighted by Gasteiger charge is 2.43. The fraction of sp³-hybridized carbons (Fsp3) is 0.923. The molecule has 2 rings (SSSR count). The van der Waals surface area contributed by atoms with E-state index in [2.05, 4.69) is 11.8 Å². The Morgan fingerprint density at radius 2 is 2.35 bits per heavy atom. The zero-order valence-electron chi connectivity index (χ0n) is 10.8. The van der Waals surface area contributed by atoms with Crippen molar-refractivity contribution in [3.8, 4) is 0 Å². The Hall–Kier alpha value is -0.610. The number of aliphatic carboxylic acids is 1. The zero-order chi connectivity index (χ0) is 12.5. The van der Waals surface area contributed by atoms with E-state index >= 15 is 0 Å². The molecule has 2 saturated heterocycles. The summed E-state index contributed by atoms with van der Waals surface area (Å²) in [6, 6.07) is 0.523. The van der Waals surface area contributed by atoms with Gasteiger partial charge in [0.15, 0.2) is 0 Å². The predicted octanol–water partition coefficient (Wildman–Crippen LogP) is 1.74. The predicted molar refractivity (Wildman–Crippen MR) is 65.0 cm³/mol. The molecule has 0 radical (unpaired) electrons. The molecule has 2 heterocycles. The van der Waals surface area contributed by atoms with Gasteiger partial charge in [0.25, 0.3) is 0 Å². The van der Waals surface area contributed by atoms with Crippen LogP contribution < -0.4 is 0 Å². The maximum atomic E-state index is 11.2. The number of carboxylic acids is 1. The van der Waals surface area contributed by atoms with E-state index in [-0.39, 0.29) is 0 Å². The van der Waals surface area contributed by atoms with Gasteiger partial charge in [-0.3, -0.25) is 9.69 Å². The van der Waals surface area contributed by atoms with Crippen LogP contribution in [0.3, 0.4) is 0 Å². The summed E-state index contributed by atoms with van der Waals surface area (Å²) in [6.07, 6.45) is 4.31. The van der Waals surface area contributed by atoms with Gasteiger partial charge < -0.3 is 9.84 Å². The van der Waals surface area contributed by atoms with Crippen LogP contribution in [0.4, 0.5) is 0 Å². The van der Waals surface area contributed by atoms with Crippen molar-refractivity contribution in [3.05, 3.63) is 0 Å². The maximum Gasteiger partial charge on any atom is 0.310 e.